The van der Waals surface area contributed by atoms with E-state index in [1.807, 2.05) is 39.5 Å². The van der Waals surface area contributed by atoms with E-state index in [0.717, 1.165) is 19.3 Å². The first kappa shape index (κ1) is 23.3. The van der Waals surface area contributed by atoms with E-state index in [9.17, 15) is 19.5 Å². The lowest BCUT2D eigenvalue weighted by Gasteiger charge is -2.58. The topological polar surface area (TPSA) is 102 Å². The summed E-state index contributed by atoms with van der Waals surface area (Å²) < 4.78 is 0. The first-order valence-electron chi connectivity index (χ1n) is 12.2. The Hall–Kier alpha value is -1.83. The molecule has 8 heteroatoms. The van der Waals surface area contributed by atoms with Crippen molar-refractivity contribution in [2.24, 2.45) is 23.2 Å². The van der Waals surface area contributed by atoms with Gasteiger partial charge in [0.25, 0.3) is 0 Å². The number of carbonyl (C=O) groups is 3. The Balaban J connectivity index is 1.35. The van der Waals surface area contributed by atoms with Crippen LogP contribution in [-0.4, -0.2) is 76.1 Å². The molecule has 0 spiro atoms. The minimum Gasteiger partial charge on any atom is -0.481 e. The molecule has 3 amide bonds. The molecule has 5 aliphatic rings. The highest BCUT2D eigenvalue weighted by molar-refractivity contribution is 5.86. The highest BCUT2D eigenvalue weighted by atomic mass is 16.4. The van der Waals surface area contributed by atoms with Crippen molar-refractivity contribution in [1.29, 1.82) is 0 Å². The molecule has 0 aromatic heterocycles. The minimum absolute atomic E-state index is 0.0203. The molecule has 2 atom stereocenters. The van der Waals surface area contributed by atoms with Gasteiger partial charge in [0.05, 0.1) is 11.0 Å². The Kier molecular flexibility index (Phi) is 5.75. The Labute approximate surface area is 191 Å². The summed E-state index contributed by atoms with van der Waals surface area (Å²) in [5.74, 6) is 0.421. The van der Waals surface area contributed by atoms with Crippen LogP contribution in [0.1, 0.15) is 66.7 Å². The molecule has 8 nitrogen and oxygen atoms in total. The molecule has 180 valence electrons. The summed E-state index contributed by atoms with van der Waals surface area (Å²) in [7, 11) is 0. The Bertz CT molecular complexity index is 765. The van der Waals surface area contributed by atoms with Gasteiger partial charge in [-0.05, 0) is 84.5 Å². The van der Waals surface area contributed by atoms with Crippen LogP contribution in [0.4, 0.5) is 4.79 Å². The highest BCUT2D eigenvalue weighted by Gasteiger charge is 2.59. The standard InChI is InChI=1S/C24H40N4O4/c1-22(2,3)26-21(32)27-6-8-28(9-7-27)23(4,5)19(29)25-18-16-10-15-11-17(18)14-24(12-15,13-16)20(30)31/h15-18H,6-14H2,1-5H3,(H,25,29)(H,26,32)(H,30,31). The number of hydrogen-bond donors (Lipinski definition) is 3. The van der Waals surface area contributed by atoms with Gasteiger partial charge in [0.1, 0.15) is 0 Å². The third kappa shape index (κ3) is 4.22. The SMILES string of the molecule is CC(C)(C)NC(=O)N1CCN(C(C)(C)C(=O)NC2C3CC4CC2CC(C(=O)O)(C4)C3)CC1. The molecule has 4 saturated carbocycles. The van der Waals surface area contributed by atoms with E-state index in [1.165, 1.54) is 0 Å². The van der Waals surface area contributed by atoms with E-state index >= 15 is 0 Å². The van der Waals surface area contributed by atoms with Crippen LogP contribution in [0.2, 0.25) is 0 Å². The second kappa shape index (κ2) is 7.89. The molecule has 32 heavy (non-hydrogen) atoms. The van der Waals surface area contributed by atoms with Gasteiger partial charge in [0.2, 0.25) is 5.91 Å². The highest BCUT2D eigenvalue weighted by Crippen LogP contribution is 2.60. The Morgan fingerprint density at radius 2 is 1.47 bits per heavy atom. The summed E-state index contributed by atoms with van der Waals surface area (Å²) in [6, 6.07) is 0.0324. The van der Waals surface area contributed by atoms with Gasteiger partial charge in [-0.25, -0.2) is 4.79 Å². The van der Waals surface area contributed by atoms with E-state index in [-0.39, 0.29) is 35.4 Å². The lowest BCUT2D eigenvalue weighted by molar-refractivity contribution is -0.168. The smallest absolute Gasteiger partial charge is 0.317 e. The lowest BCUT2D eigenvalue weighted by Crippen LogP contribution is -2.66. The van der Waals surface area contributed by atoms with Crippen LogP contribution >= 0.6 is 0 Å². The molecular formula is C24H40N4O4. The van der Waals surface area contributed by atoms with Gasteiger partial charge in [-0.15, -0.1) is 0 Å². The van der Waals surface area contributed by atoms with Gasteiger partial charge in [0.15, 0.2) is 0 Å². The third-order valence-electron chi connectivity index (χ3n) is 8.42. The zero-order chi connectivity index (χ0) is 23.5. The number of rotatable bonds is 4. The van der Waals surface area contributed by atoms with Gasteiger partial charge in [-0.2, -0.15) is 0 Å². The van der Waals surface area contributed by atoms with E-state index in [2.05, 4.69) is 15.5 Å². The summed E-state index contributed by atoms with van der Waals surface area (Å²) >= 11 is 0. The maximum Gasteiger partial charge on any atom is 0.317 e. The molecule has 4 bridgehead atoms. The summed E-state index contributed by atoms with van der Waals surface area (Å²) in [6.45, 7) is 12.3. The first-order valence-corrected chi connectivity index (χ1v) is 12.2. The third-order valence-corrected chi connectivity index (χ3v) is 8.42. The summed E-state index contributed by atoms with van der Waals surface area (Å²) in [5.41, 5.74) is -1.51. The maximum atomic E-state index is 13.4. The largest absolute Gasteiger partial charge is 0.481 e. The molecular weight excluding hydrogens is 408 g/mol. The fourth-order valence-corrected chi connectivity index (χ4v) is 6.86. The van der Waals surface area contributed by atoms with E-state index in [4.69, 9.17) is 0 Å². The molecule has 0 radical (unpaired) electrons. The molecule has 0 aromatic carbocycles. The number of nitrogens with one attached hydrogen (secondary N) is 2. The number of carboxylic acid groups (broad SMARTS) is 1. The fraction of sp³-hybridized carbons (Fsp3) is 0.875. The molecule has 1 saturated heterocycles. The van der Waals surface area contributed by atoms with Crippen LogP contribution in [0.3, 0.4) is 0 Å². The van der Waals surface area contributed by atoms with Gasteiger partial charge in [-0.1, -0.05) is 0 Å². The van der Waals surface area contributed by atoms with Gasteiger partial charge >= 0.3 is 12.0 Å². The fourth-order valence-electron chi connectivity index (χ4n) is 6.86. The molecule has 0 aromatic rings. The number of nitrogens with zero attached hydrogens (tertiary/aromatic N) is 2. The van der Waals surface area contributed by atoms with Crippen molar-refractivity contribution in [2.45, 2.75) is 83.8 Å². The zero-order valence-corrected chi connectivity index (χ0v) is 20.2. The van der Waals surface area contributed by atoms with Crippen molar-refractivity contribution < 1.29 is 19.5 Å². The van der Waals surface area contributed by atoms with Crippen LogP contribution in [-0.2, 0) is 9.59 Å². The van der Waals surface area contributed by atoms with Crippen LogP contribution in [0, 0.1) is 23.2 Å². The number of urea groups is 1. The van der Waals surface area contributed by atoms with E-state index in [0.29, 0.717) is 44.9 Å². The molecule has 3 N–H and O–H groups in total. The van der Waals surface area contributed by atoms with Gasteiger partial charge in [0, 0.05) is 37.8 Å². The van der Waals surface area contributed by atoms with Crippen molar-refractivity contribution in [1.82, 2.24) is 20.4 Å². The molecule has 1 aliphatic heterocycles. The van der Waals surface area contributed by atoms with Gasteiger partial charge in [-0.3, -0.25) is 14.5 Å². The second-order valence-electron chi connectivity index (χ2n) is 12.3. The van der Waals surface area contributed by atoms with Crippen LogP contribution in [0.25, 0.3) is 0 Å². The maximum absolute atomic E-state index is 13.4. The van der Waals surface area contributed by atoms with Crippen molar-refractivity contribution in [3.63, 3.8) is 0 Å². The lowest BCUT2D eigenvalue weighted by atomic mass is 9.48. The average Bonchev–Trinajstić information content (AvgIpc) is 2.68. The predicted octanol–water partition coefficient (Wildman–Crippen LogP) is 2.29. The number of aliphatic carboxylic acids is 1. The normalized spacial score (nSPS) is 35.0. The number of carboxylic acids is 1. The average molecular weight is 449 g/mol. The van der Waals surface area contributed by atoms with Crippen molar-refractivity contribution in [2.75, 3.05) is 26.2 Å². The predicted molar refractivity (Wildman–Crippen MR) is 121 cm³/mol. The first-order chi connectivity index (χ1) is 14.8. The zero-order valence-electron chi connectivity index (χ0n) is 20.2. The monoisotopic (exact) mass is 448 g/mol. The van der Waals surface area contributed by atoms with Crippen molar-refractivity contribution >= 4 is 17.9 Å². The summed E-state index contributed by atoms with van der Waals surface area (Å²) in [5, 5.41) is 16.2. The van der Waals surface area contributed by atoms with Crippen molar-refractivity contribution in [3.05, 3.63) is 0 Å². The molecule has 5 fully saturated rings. The molecule has 1 heterocycles. The van der Waals surface area contributed by atoms with Crippen LogP contribution in [0.5, 0.6) is 0 Å². The molecule has 4 aliphatic carbocycles. The molecule has 2 unspecified atom stereocenters. The second-order valence-corrected chi connectivity index (χ2v) is 12.3. The quantitative estimate of drug-likeness (QED) is 0.612. The number of carbonyl (C=O) groups excluding carboxylic acids is 2. The summed E-state index contributed by atoms with van der Waals surface area (Å²) in [6.07, 6.45) is 4.29. The number of hydrogen-bond acceptors (Lipinski definition) is 4. The molecule has 5 rings (SSSR count). The summed E-state index contributed by atoms with van der Waals surface area (Å²) in [4.78, 5) is 41.8. The number of piperazine rings is 1. The van der Waals surface area contributed by atoms with E-state index < -0.39 is 16.9 Å². The van der Waals surface area contributed by atoms with E-state index in [1.54, 1.807) is 0 Å². The van der Waals surface area contributed by atoms with Crippen LogP contribution in [0.15, 0.2) is 0 Å². The Morgan fingerprint density at radius 1 is 0.906 bits per heavy atom. The van der Waals surface area contributed by atoms with Crippen molar-refractivity contribution in [3.8, 4) is 0 Å². The number of amides is 3. The Morgan fingerprint density at radius 3 is 1.97 bits per heavy atom. The minimum atomic E-state index is -0.675. The van der Waals surface area contributed by atoms with Crippen LogP contribution < -0.4 is 10.6 Å². The van der Waals surface area contributed by atoms with Gasteiger partial charge < -0.3 is 20.6 Å².